The fraction of sp³-hybridized carbons (Fsp3) is 0.375. The molecule has 0 radical (unpaired) electrons. The smallest absolute Gasteiger partial charge is 0.0602 e. The van der Waals surface area contributed by atoms with Gasteiger partial charge >= 0.3 is 0 Å². The van der Waals surface area contributed by atoms with E-state index in [0.717, 1.165) is 36.6 Å². The predicted octanol–water partition coefficient (Wildman–Crippen LogP) is 2.91. The Kier molecular flexibility index (Phi) is 5.07. The first kappa shape index (κ1) is 14.5. The highest BCUT2D eigenvalue weighted by molar-refractivity contribution is 5.45. The zero-order valence-electron chi connectivity index (χ0n) is 12.2. The summed E-state index contributed by atoms with van der Waals surface area (Å²) >= 11 is 0. The number of hydrogen-bond acceptors (Lipinski definition) is 4. The molecule has 0 unspecified atom stereocenters. The van der Waals surface area contributed by atoms with E-state index in [1.54, 1.807) is 0 Å². The van der Waals surface area contributed by atoms with Crippen LogP contribution in [0.15, 0.2) is 42.7 Å². The highest BCUT2D eigenvalue weighted by atomic mass is 15.1. The minimum atomic E-state index is 0.0231. The van der Waals surface area contributed by atoms with Gasteiger partial charge in [-0.15, -0.1) is 0 Å². The molecule has 2 aromatic rings. The third-order valence-electron chi connectivity index (χ3n) is 3.42. The third kappa shape index (κ3) is 3.54. The topological polar surface area (TPSA) is 55.0 Å². The first-order chi connectivity index (χ1) is 9.74. The number of nitrogens with two attached hydrogens (primary N) is 1. The second-order valence-electron chi connectivity index (χ2n) is 4.79. The van der Waals surface area contributed by atoms with E-state index in [1.165, 1.54) is 0 Å². The average molecular weight is 270 g/mol. The molecule has 0 spiro atoms. The van der Waals surface area contributed by atoms with Crippen molar-refractivity contribution in [2.24, 2.45) is 5.73 Å². The van der Waals surface area contributed by atoms with E-state index in [0.29, 0.717) is 0 Å². The van der Waals surface area contributed by atoms with Gasteiger partial charge in [0.05, 0.1) is 29.8 Å². The largest absolute Gasteiger partial charge is 0.365 e. The van der Waals surface area contributed by atoms with Gasteiger partial charge < -0.3 is 10.6 Å². The van der Waals surface area contributed by atoms with E-state index >= 15 is 0 Å². The highest BCUT2D eigenvalue weighted by Crippen LogP contribution is 2.18. The summed E-state index contributed by atoms with van der Waals surface area (Å²) in [5.41, 5.74) is 9.10. The van der Waals surface area contributed by atoms with Gasteiger partial charge in [0, 0.05) is 18.8 Å². The van der Waals surface area contributed by atoms with Crippen LogP contribution in [0.25, 0.3) is 0 Å². The SMILES string of the molecule is CC[C@H](N)c1ccc(N(CC)Cc2ccccn2)cn1. The second kappa shape index (κ2) is 7.01. The van der Waals surface area contributed by atoms with E-state index in [2.05, 4.69) is 34.8 Å². The molecular formula is C16H22N4. The van der Waals surface area contributed by atoms with Crippen LogP contribution in [0.4, 0.5) is 5.69 Å². The summed E-state index contributed by atoms with van der Waals surface area (Å²) in [5, 5.41) is 0. The maximum Gasteiger partial charge on any atom is 0.0602 e. The van der Waals surface area contributed by atoms with Crippen molar-refractivity contribution < 1.29 is 0 Å². The molecule has 0 aliphatic rings. The standard InChI is InChI=1S/C16H22N4/c1-3-15(17)16-9-8-14(11-19-16)20(4-2)12-13-7-5-6-10-18-13/h5-11,15H,3-4,12,17H2,1-2H3/t15-/m0/s1. The summed E-state index contributed by atoms with van der Waals surface area (Å²) in [6.45, 7) is 5.91. The van der Waals surface area contributed by atoms with Crippen LogP contribution in [0, 0.1) is 0 Å². The minimum absolute atomic E-state index is 0.0231. The summed E-state index contributed by atoms with van der Waals surface area (Å²) in [6, 6.07) is 10.1. The van der Waals surface area contributed by atoms with Gasteiger partial charge in [-0.05, 0) is 37.6 Å². The number of rotatable bonds is 6. The summed E-state index contributed by atoms with van der Waals surface area (Å²) < 4.78 is 0. The third-order valence-corrected chi connectivity index (χ3v) is 3.42. The van der Waals surface area contributed by atoms with Gasteiger partial charge in [0.1, 0.15) is 0 Å². The predicted molar refractivity (Wildman–Crippen MR) is 82.4 cm³/mol. The van der Waals surface area contributed by atoms with Crippen LogP contribution in [0.1, 0.15) is 37.7 Å². The fourth-order valence-electron chi connectivity index (χ4n) is 2.09. The summed E-state index contributed by atoms with van der Waals surface area (Å²) in [7, 11) is 0. The first-order valence-corrected chi connectivity index (χ1v) is 7.11. The van der Waals surface area contributed by atoms with E-state index < -0.39 is 0 Å². The van der Waals surface area contributed by atoms with E-state index in [9.17, 15) is 0 Å². The molecule has 2 N–H and O–H groups in total. The van der Waals surface area contributed by atoms with Crippen LogP contribution in [0.2, 0.25) is 0 Å². The zero-order chi connectivity index (χ0) is 14.4. The van der Waals surface area contributed by atoms with Gasteiger partial charge in [0.25, 0.3) is 0 Å². The van der Waals surface area contributed by atoms with Crippen molar-refractivity contribution >= 4 is 5.69 Å². The lowest BCUT2D eigenvalue weighted by Gasteiger charge is -2.22. The monoisotopic (exact) mass is 270 g/mol. The molecule has 4 nitrogen and oxygen atoms in total. The van der Waals surface area contributed by atoms with Gasteiger partial charge in [0.2, 0.25) is 0 Å². The molecule has 0 saturated carbocycles. The molecular weight excluding hydrogens is 248 g/mol. The van der Waals surface area contributed by atoms with Crippen molar-refractivity contribution in [2.45, 2.75) is 32.9 Å². The molecule has 2 aromatic heterocycles. The van der Waals surface area contributed by atoms with Crippen LogP contribution in [0.5, 0.6) is 0 Å². The van der Waals surface area contributed by atoms with Gasteiger partial charge in [0.15, 0.2) is 0 Å². The van der Waals surface area contributed by atoms with Gasteiger partial charge in [-0.25, -0.2) is 0 Å². The molecule has 0 aliphatic heterocycles. The Morgan fingerprint density at radius 1 is 1.15 bits per heavy atom. The van der Waals surface area contributed by atoms with Crippen molar-refractivity contribution in [2.75, 3.05) is 11.4 Å². The van der Waals surface area contributed by atoms with Crippen molar-refractivity contribution in [3.8, 4) is 0 Å². The van der Waals surface area contributed by atoms with Crippen LogP contribution in [-0.4, -0.2) is 16.5 Å². The molecule has 1 atom stereocenters. The molecule has 0 aromatic carbocycles. The Balaban J connectivity index is 2.11. The Bertz CT molecular complexity index is 510. The molecule has 4 heteroatoms. The van der Waals surface area contributed by atoms with Crippen LogP contribution in [0.3, 0.4) is 0 Å². The van der Waals surface area contributed by atoms with Gasteiger partial charge in [-0.2, -0.15) is 0 Å². The van der Waals surface area contributed by atoms with Crippen molar-refractivity contribution in [1.29, 1.82) is 0 Å². The zero-order valence-corrected chi connectivity index (χ0v) is 12.2. The van der Waals surface area contributed by atoms with Crippen LogP contribution < -0.4 is 10.6 Å². The Labute approximate surface area is 120 Å². The number of hydrogen-bond donors (Lipinski definition) is 1. The molecule has 20 heavy (non-hydrogen) atoms. The molecule has 0 aliphatic carbocycles. The molecule has 2 heterocycles. The van der Waals surface area contributed by atoms with Crippen LogP contribution in [-0.2, 0) is 6.54 Å². The molecule has 0 bridgehead atoms. The van der Waals surface area contributed by atoms with Crippen molar-refractivity contribution in [1.82, 2.24) is 9.97 Å². The summed E-state index contributed by atoms with van der Waals surface area (Å²) in [4.78, 5) is 11.1. The summed E-state index contributed by atoms with van der Waals surface area (Å²) in [5.74, 6) is 0. The molecule has 0 fully saturated rings. The molecule has 106 valence electrons. The Morgan fingerprint density at radius 3 is 2.55 bits per heavy atom. The van der Waals surface area contributed by atoms with Gasteiger partial charge in [-0.3, -0.25) is 9.97 Å². The van der Waals surface area contributed by atoms with Crippen molar-refractivity contribution in [3.63, 3.8) is 0 Å². The second-order valence-corrected chi connectivity index (χ2v) is 4.79. The average Bonchev–Trinajstić information content (AvgIpc) is 2.53. The lowest BCUT2D eigenvalue weighted by Crippen LogP contribution is -2.23. The lowest BCUT2D eigenvalue weighted by molar-refractivity contribution is 0.674. The summed E-state index contributed by atoms with van der Waals surface area (Å²) in [6.07, 6.45) is 4.62. The quantitative estimate of drug-likeness (QED) is 0.877. The van der Waals surface area contributed by atoms with E-state index in [-0.39, 0.29) is 6.04 Å². The number of anilines is 1. The first-order valence-electron chi connectivity index (χ1n) is 7.11. The molecule has 2 rings (SSSR count). The van der Waals surface area contributed by atoms with E-state index in [4.69, 9.17) is 5.73 Å². The van der Waals surface area contributed by atoms with Gasteiger partial charge in [-0.1, -0.05) is 13.0 Å². The lowest BCUT2D eigenvalue weighted by atomic mass is 10.1. The maximum absolute atomic E-state index is 5.99. The number of aromatic nitrogens is 2. The maximum atomic E-state index is 5.99. The Hall–Kier alpha value is -1.94. The highest BCUT2D eigenvalue weighted by Gasteiger charge is 2.09. The number of nitrogens with zero attached hydrogens (tertiary/aromatic N) is 3. The number of pyridine rings is 2. The molecule has 0 amide bonds. The minimum Gasteiger partial charge on any atom is -0.365 e. The Morgan fingerprint density at radius 2 is 2.00 bits per heavy atom. The van der Waals surface area contributed by atoms with E-state index in [1.807, 2.05) is 36.7 Å². The normalized spacial score (nSPS) is 12.2. The van der Waals surface area contributed by atoms with Crippen LogP contribution >= 0.6 is 0 Å². The van der Waals surface area contributed by atoms with Crippen molar-refractivity contribution in [3.05, 3.63) is 54.1 Å². The fourth-order valence-corrected chi connectivity index (χ4v) is 2.09. The molecule has 0 saturated heterocycles.